The van der Waals surface area contributed by atoms with Crippen molar-refractivity contribution in [2.45, 2.75) is 6.54 Å². The lowest BCUT2D eigenvalue weighted by atomic mass is 10.4. The van der Waals surface area contributed by atoms with Crippen LogP contribution in [0.5, 0.6) is 0 Å². The molecule has 0 fully saturated rings. The number of nitrogens with one attached hydrogen (secondary N) is 1. The summed E-state index contributed by atoms with van der Waals surface area (Å²) in [4.78, 5) is 27.9. The van der Waals surface area contributed by atoms with Crippen LogP contribution in [-0.4, -0.2) is 40.1 Å². The molecule has 0 bridgehead atoms. The van der Waals surface area contributed by atoms with Crippen molar-refractivity contribution in [2.24, 2.45) is 0 Å². The average molecular weight is 281 g/mol. The molecular formula is C12H15N3O3S. The van der Waals surface area contributed by atoms with Crippen molar-refractivity contribution in [3.63, 3.8) is 0 Å². The second-order valence-electron chi connectivity index (χ2n) is 3.57. The lowest BCUT2D eigenvalue weighted by Gasteiger charge is -2.19. The minimum absolute atomic E-state index is 0.0108. The number of aromatic carboxylic acids is 1. The first-order valence-electron chi connectivity index (χ1n) is 5.50. The maximum atomic E-state index is 11.8. The fourth-order valence-corrected chi connectivity index (χ4v) is 2.01. The molecule has 0 saturated heterocycles. The van der Waals surface area contributed by atoms with E-state index in [2.05, 4.69) is 23.5 Å². The molecule has 0 unspecified atom stereocenters. The smallest absolute Gasteiger partial charge is 0.355 e. The number of carboxylic acids is 1. The third-order valence-corrected chi connectivity index (χ3v) is 3.00. The van der Waals surface area contributed by atoms with Gasteiger partial charge in [0.1, 0.15) is 5.01 Å². The molecule has 19 heavy (non-hydrogen) atoms. The number of carboxylic acid groups (broad SMARTS) is 1. The van der Waals surface area contributed by atoms with Crippen molar-refractivity contribution in [3.05, 3.63) is 41.4 Å². The molecule has 0 spiro atoms. The molecule has 0 aliphatic carbocycles. The van der Waals surface area contributed by atoms with Crippen LogP contribution in [0.15, 0.2) is 30.7 Å². The zero-order chi connectivity index (χ0) is 14.3. The zero-order valence-corrected chi connectivity index (χ0v) is 11.2. The second kappa shape index (κ2) is 7.32. The molecule has 7 heteroatoms. The first kappa shape index (κ1) is 14.9. The van der Waals surface area contributed by atoms with Crippen molar-refractivity contribution in [3.8, 4) is 0 Å². The van der Waals surface area contributed by atoms with Crippen LogP contribution in [0.25, 0.3) is 0 Å². The minimum atomic E-state index is -1.08. The van der Waals surface area contributed by atoms with Gasteiger partial charge in [-0.25, -0.2) is 14.6 Å². The van der Waals surface area contributed by atoms with Crippen molar-refractivity contribution in [2.75, 3.05) is 13.1 Å². The minimum Gasteiger partial charge on any atom is -0.476 e. The summed E-state index contributed by atoms with van der Waals surface area (Å²) >= 11 is 1.19. The van der Waals surface area contributed by atoms with Gasteiger partial charge in [0, 0.05) is 18.5 Å². The lowest BCUT2D eigenvalue weighted by Crippen LogP contribution is -2.39. The van der Waals surface area contributed by atoms with E-state index in [0.29, 0.717) is 18.1 Å². The van der Waals surface area contributed by atoms with E-state index in [0.717, 1.165) is 0 Å². The predicted molar refractivity (Wildman–Crippen MR) is 73.3 cm³/mol. The molecule has 2 N–H and O–H groups in total. The number of carbonyl (C=O) groups is 2. The topological polar surface area (TPSA) is 82.5 Å². The average Bonchev–Trinajstić information content (AvgIpc) is 2.84. The van der Waals surface area contributed by atoms with E-state index in [-0.39, 0.29) is 18.3 Å². The van der Waals surface area contributed by atoms with Gasteiger partial charge in [0.05, 0.1) is 6.54 Å². The molecule has 1 aromatic heterocycles. The third-order valence-electron chi connectivity index (χ3n) is 2.15. The standard InChI is InChI=1S/C12H15N3O3S/c1-3-5-15(6-4-2)12(18)13-7-10-14-9(8-19-10)11(16)17/h3-4,8H,1-2,5-7H2,(H,13,18)(H,16,17). The van der Waals surface area contributed by atoms with E-state index in [1.54, 1.807) is 12.2 Å². The highest BCUT2D eigenvalue weighted by Crippen LogP contribution is 2.09. The number of hydrogen-bond acceptors (Lipinski definition) is 4. The molecule has 6 nitrogen and oxygen atoms in total. The molecule has 0 saturated carbocycles. The van der Waals surface area contributed by atoms with Gasteiger partial charge in [0.2, 0.25) is 0 Å². The molecule has 0 aromatic carbocycles. The first-order chi connectivity index (χ1) is 9.08. The highest BCUT2D eigenvalue weighted by Gasteiger charge is 2.12. The molecule has 102 valence electrons. The molecule has 1 heterocycles. The Hall–Kier alpha value is -2.15. The summed E-state index contributed by atoms with van der Waals surface area (Å²) in [6.07, 6.45) is 3.24. The molecule has 0 atom stereocenters. The van der Waals surface area contributed by atoms with Gasteiger partial charge in [-0.15, -0.1) is 24.5 Å². The van der Waals surface area contributed by atoms with Gasteiger partial charge in [-0.2, -0.15) is 0 Å². The Morgan fingerprint density at radius 2 is 2.05 bits per heavy atom. The van der Waals surface area contributed by atoms with Crippen molar-refractivity contribution in [1.29, 1.82) is 0 Å². The van der Waals surface area contributed by atoms with Gasteiger partial charge >= 0.3 is 12.0 Å². The van der Waals surface area contributed by atoms with E-state index in [4.69, 9.17) is 5.11 Å². The summed E-state index contributed by atoms with van der Waals surface area (Å²) in [6, 6.07) is -0.271. The Labute approximate surface area is 115 Å². The van der Waals surface area contributed by atoms with Crippen molar-refractivity contribution >= 4 is 23.3 Å². The maximum absolute atomic E-state index is 11.8. The molecule has 0 aliphatic heterocycles. The molecule has 1 aromatic rings. The van der Waals surface area contributed by atoms with Crippen LogP contribution in [0.4, 0.5) is 4.79 Å². The predicted octanol–water partition coefficient (Wildman–Crippen LogP) is 1.72. The zero-order valence-electron chi connectivity index (χ0n) is 10.3. The first-order valence-corrected chi connectivity index (χ1v) is 6.38. The number of carbonyl (C=O) groups excluding carboxylic acids is 1. The van der Waals surface area contributed by atoms with Crippen LogP contribution in [0.2, 0.25) is 0 Å². The fourth-order valence-electron chi connectivity index (χ4n) is 1.31. The lowest BCUT2D eigenvalue weighted by molar-refractivity contribution is 0.0691. The Morgan fingerprint density at radius 1 is 1.42 bits per heavy atom. The quantitative estimate of drug-likeness (QED) is 0.746. The number of urea groups is 1. The van der Waals surface area contributed by atoms with Crippen LogP contribution >= 0.6 is 11.3 Å². The molecule has 0 radical (unpaired) electrons. The Kier molecular flexibility index (Phi) is 5.74. The second-order valence-corrected chi connectivity index (χ2v) is 4.52. The summed E-state index contributed by atoms with van der Waals surface area (Å²) in [5.41, 5.74) is -0.0108. The van der Waals surface area contributed by atoms with Crippen LogP contribution in [0.1, 0.15) is 15.5 Å². The van der Waals surface area contributed by atoms with Crippen LogP contribution < -0.4 is 5.32 Å². The number of nitrogens with zero attached hydrogens (tertiary/aromatic N) is 2. The van der Waals surface area contributed by atoms with Gasteiger partial charge in [-0.1, -0.05) is 12.2 Å². The van der Waals surface area contributed by atoms with Crippen LogP contribution in [-0.2, 0) is 6.54 Å². The van der Waals surface area contributed by atoms with Crippen LogP contribution in [0, 0.1) is 0 Å². The number of amides is 2. The van der Waals surface area contributed by atoms with Gasteiger partial charge in [0.25, 0.3) is 0 Å². The SMILES string of the molecule is C=CCN(CC=C)C(=O)NCc1nc(C(=O)O)cs1. The highest BCUT2D eigenvalue weighted by atomic mass is 32.1. The number of rotatable bonds is 7. The highest BCUT2D eigenvalue weighted by molar-refractivity contribution is 7.09. The maximum Gasteiger partial charge on any atom is 0.355 e. The molecule has 1 rings (SSSR count). The summed E-state index contributed by atoms with van der Waals surface area (Å²) < 4.78 is 0. The van der Waals surface area contributed by atoms with Gasteiger partial charge in [-0.3, -0.25) is 0 Å². The number of thiazole rings is 1. The molecule has 2 amide bonds. The Morgan fingerprint density at radius 3 is 2.53 bits per heavy atom. The van der Waals surface area contributed by atoms with E-state index in [1.807, 2.05) is 0 Å². The van der Waals surface area contributed by atoms with Gasteiger partial charge < -0.3 is 15.3 Å². The summed E-state index contributed by atoms with van der Waals surface area (Å²) in [5.74, 6) is -1.08. The van der Waals surface area contributed by atoms with Crippen molar-refractivity contribution < 1.29 is 14.7 Å². The summed E-state index contributed by atoms with van der Waals surface area (Å²) in [5, 5.41) is 13.4. The van der Waals surface area contributed by atoms with E-state index < -0.39 is 5.97 Å². The van der Waals surface area contributed by atoms with E-state index in [9.17, 15) is 9.59 Å². The molecule has 0 aliphatic rings. The van der Waals surface area contributed by atoms with Crippen LogP contribution in [0.3, 0.4) is 0 Å². The summed E-state index contributed by atoms with van der Waals surface area (Å²) in [7, 11) is 0. The Balaban J connectivity index is 2.53. The Bertz CT molecular complexity index is 474. The van der Waals surface area contributed by atoms with Gasteiger partial charge in [0.15, 0.2) is 5.69 Å². The normalized spacial score (nSPS) is 9.68. The number of hydrogen-bond donors (Lipinski definition) is 2. The number of aromatic nitrogens is 1. The summed E-state index contributed by atoms with van der Waals surface area (Å²) in [6.45, 7) is 8.17. The van der Waals surface area contributed by atoms with Gasteiger partial charge in [-0.05, 0) is 0 Å². The fraction of sp³-hybridized carbons (Fsp3) is 0.250. The van der Waals surface area contributed by atoms with E-state index >= 15 is 0 Å². The monoisotopic (exact) mass is 281 g/mol. The van der Waals surface area contributed by atoms with Crippen molar-refractivity contribution in [1.82, 2.24) is 15.2 Å². The molecular weight excluding hydrogens is 266 g/mol. The van der Waals surface area contributed by atoms with E-state index in [1.165, 1.54) is 21.6 Å². The largest absolute Gasteiger partial charge is 0.476 e. The third kappa shape index (κ3) is 4.55.